The molecule has 0 amide bonds. The normalized spacial score (nSPS) is 21.9. The first-order valence-corrected chi connectivity index (χ1v) is 13.3. The molecular weight excluding hydrogens is 446 g/mol. The van der Waals surface area contributed by atoms with E-state index in [1.807, 2.05) is 6.08 Å². The van der Waals surface area contributed by atoms with Crippen molar-refractivity contribution >= 4 is 17.5 Å². The number of nitrogens with zero attached hydrogens (tertiary/aromatic N) is 4. The van der Waals surface area contributed by atoms with Crippen LogP contribution < -0.4 is 4.90 Å². The zero-order valence-corrected chi connectivity index (χ0v) is 21.5. The second kappa shape index (κ2) is 8.08. The summed E-state index contributed by atoms with van der Waals surface area (Å²) in [5.74, 6) is 0.109. The largest absolute Gasteiger partial charge is 0.369 e. The number of allylic oxidation sites excluding steroid dienone is 1. The van der Waals surface area contributed by atoms with E-state index in [9.17, 15) is 15.3 Å². The Hall–Kier alpha value is -3.35. The first-order valence-electron chi connectivity index (χ1n) is 13.3. The quantitative estimate of drug-likeness (QED) is 0.679. The van der Waals surface area contributed by atoms with E-state index in [1.54, 1.807) is 0 Å². The van der Waals surface area contributed by atoms with Gasteiger partial charge in [0.1, 0.15) is 5.54 Å². The third-order valence-corrected chi connectivity index (χ3v) is 9.23. The highest BCUT2D eigenvalue weighted by Crippen LogP contribution is 2.46. The number of carbonyl (C=O) groups is 1. The molecule has 2 aromatic rings. The molecule has 6 rings (SSSR count). The van der Waals surface area contributed by atoms with Crippen molar-refractivity contribution in [3.8, 4) is 12.1 Å². The number of benzene rings is 1. The number of aryl methyl sites for hydroxylation is 1. The summed E-state index contributed by atoms with van der Waals surface area (Å²) in [6.45, 7) is 10.2. The molecule has 1 N–H and O–H groups in total. The Morgan fingerprint density at radius 3 is 2.44 bits per heavy atom. The first kappa shape index (κ1) is 23.1. The van der Waals surface area contributed by atoms with E-state index >= 15 is 0 Å². The number of hydrogen-bond donors (Lipinski definition) is 1. The predicted octanol–water partition coefficient (Wildman–Crippen LogP) is 4.87. The van der Waals surface area contributed by atoms with Crippen molar-refractivity contribution in [1.29, 1.82) is 10.5 Å². The maximum atomic E-state index is 13.9. The second-order valence-corrected chi connectivity index (χ2v) is 11.4. The average Bonchev–Trinajstić information content (AvgIpc) is 3.27. The van der Waals surface area contributed by atoms with Crippen LogP contribution in [0.2, 0.25) is 0 Å². The van der Waals surface area contributed by atoms with Gasteiger partial charge in [-0.05, 0) is 73.4 Å². The van der Waals surface area contributed by atoms with E-state index in [4.69, 9.17) is 0 Å². The highest BCUT2D eigenvalue weighted by molar-refractivity contribution is 6.15. The van der Waals surface area contributed by atoms with E-state index in [-0.39, 0.29) is 16.7 Å². The maximum Gasteiger partial charge on any atom is 0.195 e. The summed E-state index contributed by atoms with van der Waals surface area (Å²) >= 11 is 0. The van der Waals surface area contributed by atoms with E-state index < -0.39 is 0 Å². The summed E-state index contributed by atoms with van der Waals surface area (Å²) < 4.78 is 0. The number of fused-ring (bicyclic) bond motifs is 4. The molecule has 36 heavy (non-hydrogen) atoms. The van der Waals surface area contributed by atoms with Crippen LogP contribution in [-0.2, 0) is 18.3 Å². The van der Waals surface area contributed by atoms with E-state index in [0.29, 0.717) is 6.42 Å². The van der Waals surface area contributed by atoms with Gasteiger partial charge in [0.2, 0.25) is 0 Å². The molecule has 6 heteroatoms. The third-order valence-electron chi connectivity index (χ3n) is 9.23. The first-order chi connectivity index (χ1) is 17.3. The molecule has 3 aliphatic carbocycles. The molecule has 0 bridgehead atoms. The van der Waals surface area contributed by atoms with Gasteiger partial charge in [0.25, 0.3) is 0 Å². The van der Waals surface area contributed by atoms with Crippen molar-refractivity contribution in [2.45, 2.75) is 70.3 Å². The van der Waals surface area contributed by atoms with Crippen molar-refractivity contribution in [3.63, 3.8) is 0 Å². The van der Waals surface area contributed by atoms with Crippen molar-refractivity contribution in [1.82, 2.24) is 9.88 Å². The van der Waals surface area contributed by atoms with Gasteiger partial charge in [-0.1, -0.05) is 20.8 Å². The Balaban J connectivity index is 1.38. The molecule has 6 nitrogen and oxygen atoms in total. The zero-order chi connectivity index (χ0) is 25.2. The molecule has 1 saturated heterocycles. The van der Waals surface area contributed by atoms with Crippen LogP contribution in [0, 0.1) is 22.7 Å². The number of aromatic nitrogens is 1. The smallest absolute Gasteiger partial charge is 0.195 e. The molecule has 0 atom stereocenters. The van der Waals surface area contributed by atoms with Crippen molar-refractivity contribution in [2.24, 2.45) is 0 Å². The molecule has 184 valence electrons. The number of nitrogens with one attached hydrogen (secondary N) is 1. The molecule has 2 fully saturated rings. The van der Waals surface area contributed by atoms with Crippen LogP contribution >= 0.6 is 0 Å². The number of piperazine rings is 1. The monoisotopic (exact) mass is 479 g/mol. The molecule has 4 aliphatic rings. The van der Waals surface area contributed by atoms with Gasteiger partial charge in [-0.3, -0.25) is 9.69 Å². The lowest BCUT2D eigenvalue weighted by Gasteiger charge is -2.49. The highest BCUT2D eigenvalue weighted by Gasteiger charge is 2.45. The molecule has 0 unspecified atom stereocenters. The number of hydrogen-bond acceptors (Lipinski definition) is 5. The van der Waals surface area contributed by atoms with Crippen molar-refractivity contribution < 1.29 is 4.79 Å². The molecular formula is C30H33N5O. The number of rotatable bonds is 3. The number of H-pyrrole nitrogens is 1. The summed E-state index contributed by atoms with van der Waals surface area (Å²) in [4.78, 5) is 22.3. The Bertz CT molecular complexity index is 1380. The fourth-order valence-electron chi connectivity index (χ4n) is 6.83. The molecule has 2 heterocycles. The minimum absolute atomic E-state index is 0.109. The SMILES string of the molecule is CCc1cc2c(cc1N1CCN(C3(C#N)CCC3)CC1)C(C)(C)c1[nH]c3c(c1C2=O)CCC(C#N)=C3. The molecule has 1 aliphatic heterocycles. The van der Waals surface area contributed by atoms with Gasteiger partial charge in [-0.2, -0.15) is 10.5 Å². The fraction of sp³-hybridized carbons (Fsp3) is 0.500. The molecule has 0 radical (unpaired) electrons. The van der Waals surface area contributed by atoms with Gasteiger partial charge in [-0.15, -0.1) is 0 Å². The number of nitriles is 2. The molecule has 1 aromatic heterocycles. The number of anilines is 1. The van der Waals surface area contributed by atoms with Gasteiger partial charge < -0.3 is 9.88 Å². The topological polar surface area (TPSA) is 86.9 Å². The standard InChI is InChI=1S/C30H33N5O/c1-4-20-15-22-23(16-25(20)34-10-12-35(13-11-34)30(18-32)8-5-9-30)29(2,3)28-26(27(22)36)21-7-6-19(17-31)14-24(21)33-28/h14-16,33H,4-13H2,1-3H3. The van der Waals surface area contributed by atoms with Crippen molar-refractivity contribution in [3.05, 3.63) is 56.9 Å². The number of ketones is 1. The van der Waals surface area contributed by atoms with Gasteiger partial charge in [-0.25, -0.2) is 0 Å². The van der Waals surface area contributed by atoms with Gasteiger partial charge in [0.15, 0.2) is 5.78 Å². The Labute approximate surface area is 213 Å². The Kier molecular flexibility index (Phi) is 5.18. The number of carbonyl (C=O) groups excluding carboxylic acids is 1. The minimum atomic E-state index is -0.351. The van der Waals surface area contributed by atoms with E-state index in [2.05, 4.69) is 59.8 Å². The lowest BCUT2D eigenvalue weighted by molar-refractivity contribution is 0.0598. The van der Waals surface area contributed by atoms with Crippen LogP contribution in [0.25, 0.3) is 6.08 Å². The van der Waals surface area contributed by atoms with E-state index in [1.165, 1.54) is 11.3 Å². The van der Waals surface area contributed by atoms with Crippen LogP contribution in [0.1, 0.15) is 90.5 Å². The van der Waals surface area contributed by atoms with Gasteiger partial charge >= 0.3 is 0 Å². The van der Waals surface area contributed by atoms with Crippen LogP contribution in [-0.4, -0.2) is 47.4 Å². The summed E-state index contributed by atoms with van der Waals surface area (Å²) in [6.07, 6.45) is 7.34. The maximum absolute atomic E-state index is 13.9. The third kappa shape index (κ3) is 3.14. The van der Waals surface area contributed by atoms with Crippen LogP contribution in [0.3, 0.4) is 0 Å². The van der Waals surface area contributed by atoms with Gasteiger partial charge in [0.05, 0.1) is 12.1 Å². The number of aromatic amines is 1. The molecule has 1 aromatic carbocycles. The summed E-state index contributed by atoms with van der Waals surface area (Å²) in [5, 5.41) is 19.2. The fourth-order valence-corrected chi connectivity index (χ4v) is 6.83. The lowest BCUT2D eigenvalue weighted by Crippen LogP contribution is -2.59. The Morgan fingerprint density at radius 2 is 1.83 bits per heavy atom. The van der Waals surface area contributed by atoms with Crippen LogP contribution in [0.4, 0.5) is 5.69 Å². The predicted molar refractivity (Wildman–Crippen MR) is 140 cm³/mol. The van der Waals surface area contributed by atoms with Crippen molar-refractivity contribution in [2.75, 3.05) is 31.1 Å². The summed E-state index contributed by atoms with van der Waals surface area (Å²) in [7, 11) is 0. The average molecular weight is 480 g/mol. The van der Waals surface area contributed by atoms with Crippen LogP contribution in [0.5, 0.6) is 0 Å². The van der Waals surface area contributed by atoms with E-state index in [0.717, 1.165) is 97.5 Å². The minimum Gasteiger partial charge on any atom is -0.369 e. The zero-order valence-electron chi connectivity index (χ0n) is 21.5. The van der Waals surface area contributed by atoms with Gasteiger partial charge in [0, 0.05) is 65.4 Å². The van der Waals surface area contributed by atoms with Crippen LogP contribution in [0.15, 0.2) is 17.7 Å². The highest BCUT2D eigenvalue weighted by atomic mass is 16.1. The molecule has 0 spiro atoms. The summed E-state index contributed by atoms with van der Waals surface area (Å²) in [6, 6.07) is 9.30. The molecule has 1 saturated carbocycles. The Morgan fingerprint density at radius 1 is 1.08 bits per heavy atom. The second-order valence-electron chi connectivity index (χ2n) is 11.4. The summed E-state index contributed by atoms with van der Waals surface area (Å²) in [5.41, 5.74) is 8.28. The lowest BCUT2D eigenvalue weighted by atomic mass is 9.70.